The first kappa shape index (κ1) is 23.1. The van der Waals surface area contributed by atoms with Crippen molar-refractivity contribution < 1.29 is 13.9 Å². The molecule has 0 amide bonds. The van der Waals surface area contributed by atoms with Gasteiger partial charge in [0.2, 0.25) is 5.95 Å². The number of tetrazole rings is 1. The van der Waals surface area contributed by atoms with Gasteiger partial charge in [0.25, 0.3) is 0 Å². The Labute approximate surface area is 199 Å². The van der Waals surface area contributed by atoms with Crippen LogP contribution in [-0.4, -0.2) is 65.4 Å². The highest BCUT2D eigenvalue weighted by atomic mass is 19.1. The van der Waals surface area contributed by atoms with Crippen LogP contribution in [-0.2, 0) is 7.05 Å². The molecule has 3 aromatic rings. The number of phenolic OH excluding ortho intramolecular Hbond substituents is 1. The SMILES string of the molecule is Cn1nnn(-c2cc(Nc3ncc(F)c(NC[C@@H]4CCCN5CCCC[C@H]45)n3)c(F)cc2O)c1=O. The smallest absolute Gasteiger partial charge is 0.368 e. The minimum absolute atomic E-state index is 0.0278. The summed E-state index contributed by atoms with van der Waals surface area (Å²) in [5.41, 5.74) is -0.832. The summed E-state index contributed by atoms with van der Waals surface area (Å²) >= 11 is 0. The summed E-state index contributed by atoms with van der Waals surface area (Å²) in [6.07, 6.45) is 6.82. The number of fused-ring (bicyclic) bond motifs is 1. The number of hydrogen-bond acceptors (Lipinski definition) is 9. The summed E-state index contributed by atoms with van der Waals surface area (Å²) in [7, 11) is 1.39. The number of piperidine rings is 2. The highest BCUT2D eigenvalue weighted by Crippen LogP contribution is 2.32. The molecule has 4 heterocycles. The van der Waals surface area contributed by atoms with Gasteiger partial charge in [-0.1, -0.05) is 6.42 Å². The van der Waals surface area contributed by atoms with E-state index < -0.39 is 23.1 Å². The lowest BCUT2D eigenvalue weighted by Gasteiger charge is -2.44. The van der Waals surface area contributed by atoms with Crippen LogP contribution in [0.2, 0.25) is 0 Å². The molecule has 11 nitrogen and oxygen atoms in total. The number of hydrogen-bond donors (Lipinski definition) is 3. The fourth-order valence-corrected chi connectivity index (χ4v) is 5.00. The molecule has 5 rings (SSSR count). The molecule has 0 radical (unpaired) electrons. The third kappa shape index (κ3) is 4.67. The van der Waals surface area contributed by atoms with Gasteiger partial charge in [0, 0.05) is 25.7 Å². The number of halogens is 2. The van der Waals surface area contributed by atoms with Crippen LogP contribution in [0, 0.1) is 17.6 Å². The number of aryl methyl sites for hydroxylation is 1. The molecular formula is C22H27F2N9O2. The van der Waals surface area contributed by atoms with Crippen LogP contribution in [0.1, 0.15) is 32.1 Å². The van der Waals surface area contributed by atoms with Gasteiger partial charge in [0.05, 0.1) is 11.9 Å². The van der Waals surface area contributed by atoms with E-state index >= 15 is 0 Å². The Morgan fingerprint density at radius 2 is 1.94 bits per heavy atom. The molecular weight excluding hydrogens is 460 g/mol. The standard InChI is InChI=1S/C22H27F2N9O2/c1-31-22(35)33(30-29-31)18-10-16(14(23)9-19(18)34)27-21-26-12-15(24)20(28-21)25-11-13-5-4-8-32-7-3-2-6-17(13)32/h9-10,12-13,17,34H,2-8,11H2,1H3,(H2,25,26,27,28)/t13-,17+/m0/s1. The van der Waals surface area contributed by atoms with Crippen LogP contribution in [0.25, 0.3) is 5.69 Å². The molecule has 3 N–H and O–H groups in total. The number of aromatic nitrogens is 6. The quantitative estimate of drug-likeness (QED) is 0.449. The largest absolute Gasteiger partial charge is 0.506 e. The van der Waals surface area contributed by atoms with Crippen molar-refractivity contribution in [3.63, 3.8) is 0 Å². The molecule has 2 fully saturated rings. The lowest BCUT2D eigenvalue weighted by molar-refractivity contribution is 0.0648. The molecule has 0 aliphatic carbocycles. The molecule has 2 atom stereocenters. The van der Waals surface area contributed by atoms with Gasteiger partial charge >= 0.3 is 5.69 Å². The third-order valence-corrected chi connectivity index (χ3v) is 6.76. The Morgan fingerprint density at radius 1 is 1.11 bits per heavy atom. The Hall–Kier alpha value is -3.61. The zero-order chi connectivity index (χ0) is 24.5. The average molecular weight is 488 g/mol. The molecule has 2 saturated heterocycles. The lowest BCUT2D eigenvalue weighted by Crippen LogP contribution is -2.49. The molecule has 0 unspecified atom stereocenters. The van der Waals surface area contributed by atoms with Crippen LogP contribution in [0.4, 0.5) is 26.2 Å². The topological polar surface area (TPSA) is 126 Å². The third-order valence-electron chi connectivity index (χ3n) is 6.76. The van der Waals surface area contributed by atoms with Gasteiger partial charge in [-0.3, -0.25) is 0 Å². The van der Waals surface area contributed by atoms with E-state index in [-0.39, 0.29) is 23.1 Å². The van der Waals surface area contributed by atoms with Crippen LogP contribution in [0.5, 0.6) is 5.75 Å². The molecule has 0 bridgehead atoms. The number of aromatic hydroxyl groups is 1. The fourth-order valence-electron chi connectivity index (χ4n) is 5.00. The monoisotopic (exact) mass is 487 g/mol. The molecule has 35 heavy (non-hydrogen) atoms. The minimum atomic E-state index is -0.815. The Kier molecular flexibility index (Phi) is 6.32. The zero-order valence-electron chi connectivity index (χ0n) is 19.3. The first-order valence-corrected chi connectivity index (χ1v) is 11.7. The Balaban J connectivity index is 1.34. The van der Waals surface area contributed by atoms with Crippen LogP contribution >= 0.6 is 0 Å². The Morgan fingerprint density at radius 3 is 2.74 bits per heavy atom. The molecule has 0 saturated carbocycles. The molecule has 0 spiro atoms. The van der Waals surface area contributed by atoms with Crippen molar-refractivity contribution in [2.45, 2.75) is 38.1 Å². The van der Waals surface area contributed by atoms with E-state index in [2.05, 4.69) is 35.9 Å². The predicted molar refractivity (Wildman–Crippen MR) is 124 cm³/mol. The first-order valence-electron chi connectivity index (χ1n) is 11.7. The highest BCUT2D eigenvalue weighted by Gasteiger charge is 2.32. The van der Waals surface area contributed by atoms with Gasteiger partial charge in [-0.05, 0) is 61.2 Å². The highest BCUT2D eigenvalue weighted by molar-refractivity contribution is 5.63. The van der Waals surface area contributed by atoms with Crippen molar-refractivity contribution in [2.75, 3.05) is 30.3 Å². The van der Waals surface area contributed by atoms with Crippen molar-refractivity contribution in [1.82, 2.24) is 34.7 Å². The maximum absolute atomic E-state index is 14.6. The number of nitrogens with zero attached hydrogens (tertiary/aromatic N) is 7. The van der Waals surface area contributed by atoms with E-state index in [1.165, 1.54) is 26.0 Å². The number of nitrogens with one attached hydrogen (secondary N) is 2. The van der Waals surface area contributed by atoms with Crippen molar-refractivity contribution >= 4 is 17.5 Å². The van der Waals surface area contributed by atoms with Gasteiger partial charge < -0.3 is 20.6 Å². The summed E-state index contributed by atoms with van der Waals surface area (Å²) in [4.78, 5) is 22.8. The summed E-state index contributed by atoms with van der Waals surface area (Å²) in [6, 6.07) is 2.52. The molecule has 186 valence electrons. The number of benzene rings is 1. The van der Waals surface area contributed by atoms with Crippen LogP contribution in [0.15, 0.2) is 23.1 Å². The second-order valence-corrected chi connectivity index (χ2v) is 9.02. The number of rotatable bonds is 6. The number of anilines is 3. The second-order valence-electron chi connectivity index (χ2n) is 9.02. The summed E-state index contributed by atoms with van der Waals surface area (Å²) in [5.74, 6) is -1.53. The van der Waals surface area contributed by atoms with E-state index in [4.69, 9.17) is 0 Å². The normalized spacial score (nSPS) is 20.4. The van der Waals surface area contributed by atoms with Gasteiger partial charge in [-0.15, -0.1) is 0 Å². The van der Waals surface area contributed by atoms with E-state index in [0.29, 0.717) is 18.5 Å². The van der Waals surface area contributed by atoms with E-state index in [9.17, 15) is 18.7 Å². The van der Waals surface area contributed by atoms with Gasteiger partial charge in [0.1, 0.15) is 11.4 Å². The van der Waals surface area contributed by atoms with Crippen molar-refractivity contribution in [3.8, 4) is 11.4 Å². The minimum Gasteiger partial charge on any atom is -0.506 e. The maximum Gasteiger partial charge on any atom is 0.368 e. The van der Waals surface area contributed by atoms with E-state index in [1.54, 1.807) is 0 Å². The summed E-state index contributed by atoms with van der Waals surface area (Å²) < 4.78 is 30.8. The van der Waals surface area contributed by atoms with Gasteiger partial charge in [-0.25, -0.2) is 18.6 Å². The Bertz CT molecular complexity index is 1280. The second kappa shape index (κ2) is 9.56. The fraction of sp³-hybridized carbons (Fsp3) is 0.500. The van der Waals surface area contributed by atoms with Crippen molar-refractivity contribution in [1.29, 1.82) is 0 Å². The molecule has 1 aromatic carbocycles. The zero-order valence-corrected chi connectivity index (χ0v) is 19.3. The van der Waals surface area contributed by atoms with E-state index in [1.807, 2.05) is 0 Å². The van der Waals surface area contributed by atoms with Gasteiger partial charge in [-0.2, -0.15) is 14.3 Å². The maximum atomic E-state index is 14.6. The molecule has 2 aromatic heterocycles. The predicted octanol–water partition coefficient (Wildman–Crippen LogP) is 2.16. The number of phenols is 1. The molecule has 2 aliphatic rings. The molecule has 13 heteroatoms. The lowest BCUT2D eigenvalue weighted by atomic mass is 9.83. The van der Waals surface area contributed by atoms with Crippen molar-refractivity contribution in [2.24, 2.45) is 13.0 Å². The van der Waals surface area contributed by atoms with E-state index in [0.717, 1.165) is 54.0 Å². The van der Waals surface area contributed by atoms with Crippen molar-refractivity contribution in [3.05, 3.63) is 40.4 Å². The molecule has 2 aliphatic heterocycles. The summed E-state index contributed by atoms with van der Waals surface area (Å²) in [5, 5.41) is 23.2. The van der Waals surface area contributed by atoms with Crippen LogP contribution in [0.3, 0.4) is 0 Å². The average Bonchev–Trinajstić information content (AvgIpc) is 3.19. The van der Waals surface area contributed by atoms with Crippen LogP contribution < -0.4 is 16.3 Å². The summed E-state index contributed by atoms with van der Waals surface area (Å²) in [6.45, 7) is 2.83. The first-order chi connectivity index (χ1) is 16.9. The van der Waals surface area contributed by atoms with Gasteiger partial charge in [0.15, 0.2) is 17.5 Å².